The number of fused-ring (bicyclic) bond motifs is 5. The minimum Gasteiger partial charge on any atom is -0.444 e. The number of aromatic nitrogens is 2. The Morgan fingerprint density at radius 1 is 0.800 bits per heavy atom. The van der Waals surface area contributed by atoms with E-state index in [9.17, 15) is 4.79 Å². The number of carbonyl (C=O) groups is 1. The number of likely N-dealkylation sites (tertiary alicyclic amines) is 1. The largest absolute Gasteiger partial charge is 0.444 e. The molecule has 2 saturated carbocycles. The highest BCUT2D eigenvalue weighted by molar-refractivity contribution is 5.77. The molecule has 4 heterocycles. The zero-order valence-electron chi connectivity index (χ0n) is 25.1. The number of ether oxygens (including phenoxy) is 1. The summed E-state index contributed by atoms with van der Waals surface area (Å²) in [5.41, 5.74) is 1.82. The smallest absolute Gasteiger partial charge is 0.410 e. The zero-order chi connectivity index (χ0) is 27.4. The standard InChI is InChI=1S/C34H50N4O2/c1-34(2,3)40-33(39)36-17-9-16-31(36)32-35-29-14-6-7-15-30(29)38(32)28-21-25-12-8-13-26(22-28)37(25)27-19-23-10-4-5-11-24(18-23)20-27/h6-7,14-15,23-28,31H,4-5,8-13,16-22H2,1-3H3/t23-,24+,25-,26+,27?,28?,31?. The van der Waals surface area contributed by atoms with E-state index < -0.39 is 5.60 Å². The first-order valence-corrected chi connectivity index (χ1v) is 16.6. The predicted molar refractivity (Wildman–Crippen MR) is 159 cm³/mol. The Morgan fingerprint density at radius 3 is 2.20 bits per heavy atom. The number of hydrogen-bond acceptors (Lipinski definition) is 4. The van der Waals surface area contributed by atoms with Crippen LogP contribution in [0.3, 0.4) is 0 Å². The molecule has 7 atom stereocenters. The Morgan fingerprint density at radius 2 is 1.50 bits per heavy atom. The minimum atomic E-state index is -0.495. The summed E-state index contributed by atoms with van der Waals surface area (Å²) in [5, 5.41) is 0. The lowest BCUT2D eigenvalue weighted by molar-refractivity contribution is -0.0424. The number of piperidine rings is 2. The number of hydrogen-bond donors (Lipinski definition) is 0. The molecule has 7 rings (SSSR count). The molecule has 3 unspecified atom stereocenters. The van der Waals surface area contributed by atoms with Crippen LogP contribution < -0.4 is 0 Å². The Kier molecular flexibility index (Phi) is 7.13. The first-order chi connectivity index (χ1) is 19.3. The number of para-hydroxylation sites is 2. The summed E-state index contributed by atoms with van der Waals surface area (Å²) in [6.07, 6.45) is 18.5. The Hall–Kier alpha value is -2.08. The molecule has 4 bridgehead atoms. The monoisotopic (exact) mass is 546 g/mol. The third-order valence-corrected chi connectivity index (χ3v) is 10.9. The zero-order valence-corrected chi connectivity index (χ0v) is 25.1. The number of benzene rings is 1. The topological polar surface area (TPSA) is 50.6 Å². The van der Waals surface area contributed by atoms with Gasteiger partial charge >= 0.3 is 6.09 Å². The van der Waals surface area contributed by atoms with Crippen LogP contribution in [0, 0.1) is 11.8 Å². The molecule has 5 fully saturated rings. The summed E-state index contributed by atoms with van der Waals surface area (Å²) in [6, 6.07) is 11.3. The number of nitrogens with zero attached hydrogens (tertiary/aromatic N) is 4. The summed E-state index contributed by atoms with van der Waals surface area (Å²) in [4.78, 5) is 23.6. The van der Waals surface area contributed by atoms with Crippen LogP contribution in [0.5, 0.6) is 0 Å². The number of rotatable bonds is 3. The molecular formula is C34H50N4O2. The maximum atomic E-state index is 13.3. The van der Waals surface area contributed by atoms with E-state index in [0.29, 0.717) is 18.1 Å². The maximum Gasteiger partial charge on any atom is 0.410 e. The van der Waals surface area contributed by atoms with Gasteiger partial charge in [0.1, 0.15) is 11.4 Å². The van der Waals surface area contributed by atoms with E-state index in [1.807, 2.05) is 25.7 Å². The molecule has 0 radical (unpaired) electrons. The SMILES string of the molecule is CC(C)(C)OC(=O)N1CCCC1c1nc2ccccc2n1C1C[C@H]2CCC[C@@H](C1)N2C1C[C@H]2CCCC[C@@H](C1)C2. The van der Waals surface area contributed by atoms with Crippen molar-refractivity contribution in [1.82, 2.24) is 19.4 Å². The van der Waals surface area contributed by atoms with Crippen molar-refractivity contribution in [3.8, 4) is 0 Å². The molecule has 2 aliphatic carbocycles. The van der Waals surface area contributed by atoms with Crippen LogP contribution in [0.25, 0.3) is 11.0 Å². The van der Waals surface area contributed by atoms with Gasteiger partial charge in [0, 0.05) is 30.7 Å². The van der Waals surface area contributed by atoms with Gasteiger partial charge in [-0.1, -0.05) is 44.2 Å². The second-order valence-electron chi connectivity index (χ2n) is 14.8. The molecule has 2 aromatic rings. The lowest BCUT2D eigenvalue weighted by atomic mass is 9.73. The van der Waals surface area contributed by atoms with Crippen LogP contribution in [0.1, 0.15) is 129 Å². The Bertz CT molecular complexity index is 1190. The first-order valence-electron chi connectivity index (χ1n) is 16.6. The van der Waals surface area contributed by atoms with Crippen molar-refractivity contribution >= 4 is 17.1 Å². The second kappa shape index (κ2) is 10.6. The molecule has 1 aromatic heterocycles. The van der Waals surface area contributed by atoms with Crippen molar-refractivity contribution < 1.29 is 9.53 Å². The molecule has 0 spiro atoms. The highest BCUT2D eigenvalue weighted by atomic mass is 16.6. The maximum absolute atomic E-state index is 13.3. The fourth-order valence-corrected chi connectivity index (χ4v) is 9.56. The van der Waals surface area contributed by atoms with Gasteiger partial charge in [-0.05, 0) is 103 Å². The predicted octanol–water partition coefficient (Wildman–Crippen LogP) is 8.03. The van der Waals surface area contributed by atoms with E-state index in [0.717, 1.165) is 48.6 Å². The average molecular weight is 547 g/mol. The Balaban J connectivity index is 1.19. The van der Waals surface area contributed by atoms with Crippen molar-refractivity contribution in [1.29, 1.82) is 0 Å². The molecule has 40 heavy (non-hydrogen) atoms. The lowest BCUT2D eigenvalue weighted by Gasteiger charge is -2.54. The molecule has 5 aliphatic rings. The summed E-state index contributed by atoms with van der Waals surface area (Å²) in [5.74, 6) is 3.02. The summed E-state index contributed by atoms with van der Waals surface area (Å²) in [7, 11) is 0. The van der Waals surface area contributed by atoms with E-state index in [-0.39, 0.29) is 12.1 Å². The van der Waals surface area contributed by atoms with Gasteiger partial charge in [-0.3, -0.25) is 9.80 Å². The molecule has 0 N–H and O–H groups in total. The number of amides is 1. The average Bonchev–Trinajstić information content (AvgIpc) is 3.50. The van der Waals surface area contributed by atoms with Gasteiger partial charge in [-0.15, -0.1) is 0 Å². The van der Waals surface area contributed by atoms with Gasteiger partial charge in [0.05, 0.1) is 17.1 Å². The van der Waals surface area contributed by atoms with Crippen molar-refractivity contribution in [2.24, 2.45) is 11.8 Å². The van der Waals surface area contributed by atoms with Gasteiger partial charge in [-0.25, -0.2) is 9.78 Å². The first kappa shape index (κ1) is 26.8. The Labute approximate surface area is 240 Å². The van der Waals surface area contributed by atoms with Crippen LogP contribution in [-0.4, -0.2) is 55.7 Å². The summed E-state index contributed by atoms with van der Waals surface area (Å²) >= 11 is 0. The van der Waals surface area contributed by atoms with Crippen LogP contribution in [0.4, 0.5) is 4.79 Å². The molecule has 3 saturated heterocycles. The fraction of sp³-hybridized carbons (Fsp3) is 0.765. The van der Waals surface area contributed by atoms with Crippen molar-refractivity contribution in [2.45, 2.75) is 146 Å². The molecule has 6 nitrogen and oxygen atoms in total. The fourth-order valence-electron chi connectivity index (χ4n) is 9.56. The minimum absolute atomic E-state index is 0.0124. The van der Waals surface area contributed by atoms with Gasteiger partial charge in [-0.2, -0.15) is 0 Å². The third kappa shape index (κ3) is 5.07. The van der Waals surface area contributed by atoms with E-state index in [1.54, 1.807) is 0 Å². The molecular weight excluding hydrogens is 496 g/mol. The third-order valence-electron chi connectivity index (χ3n) is 10.9. The second-order valence-corrected chi connectivity index (χ2v) is 14.8. The van der Waals surface area contributed by atoms with Gasteiger partial charge < -0.3 is 9.30 Å². The summed E-state index contributed by atoms with van der Waals surface area (Å²) < 4.78 is 8.45. The van der Waals surface area contributed by atoms with E-state index in [1.165, 1.54) is 82.6 Å². The highest BCUT2D eigenvalue weighted by Gasteiger charge is 2.46. The molecule has 1 amide bonds. The molecule has 218 valence electrons. The van der Waals surface area contributed by atoms with Crippen LogP contribution in [-0.2, 0) is 4.74 Å². The van der Waals surface area contributed by atoms with E-state index in [2.05, 4.69) is 33.7 Å². The number of carbonyl (C=O) groups excluding carboxylic acids is 1. The molecule has 1 aromatic carbocycles. The van der Waals surface area contributed by atoms with Crippen LogP contribution in [0.15, 0.2) is 24.3 Å². The van der Waals surface area contributed by atoms with Crippen LogP contribution >= 0.6 is 0 Å². The van der Waals surface area contributed by atoms with Gasteiger partial charge in [0.2, 0.25) is 0 Å². The summed E-state index contributed by atoms with van der Waals surface area (Å²) in [6.45, 7) is 6.62. The molecule has 3 aliphatic heterocycles. The molecule has 6 heteroatoms. The normalized spacial score (nSPS) is 35.1. The highest BCUT2D eigenvalue weighted by Crippen LogP contribution is 2.48. The van der Waals surface area contributed by atoms with Gasteiger partial charge in [0.15, 0.2) is 0 Å². The van der Waals surface area contributed by atoms with E-state index >= 15 is 0 Å². The van der Waals surface area contributed by atoms with Crippen LogP contribution in [0.2, 0.25) is 0 Å². The quantitative estimate of drug-likeness (QED) is 0.391. The van der Waals surface area contributed by atoms with Crippen molar-refractivity contribution in [3.63, 3.8) is 0 Å². The lowest BCUT2D eigenvalue weighted by Crippen LogP contribution is -2.58. The van der Waals surface area contributed by atoms with Crippen molar-refractivity contribution in [3.05, 3.63) is 30.1 Å². The number of imidazole rings is 1. The van der Waals surface area contributed by atoms with E-state index in [4.69, 9.17) is 9.72 Å². The van der Waals surface area contributed by atoms with Crippen molar-refractivity contribution in [2.75, 3.05) is 6.54 Å². The van der Waals surface area contributed by atoms with Gasteiger partial charge in [0.25, 0.3) is 0 Å².